The molecule has 1 aliphatic carbocycles. The lowest BCUT2D eigenvalue weighted by Crippen LogP contribution is -2.35. The van der Waals surface area contributed by atoms with E-state index in [0.29, 0.717) is 12.1 Å². The zero-order valence-corrected chi connectivity index (χ0v) is 10.0. The van der Waals surface area contributed by atoms with Gasteiger partial charge in [0.1, 0.15) is 0 Å². The molecule has 2 atom stereocenters. The van der Waals surface area contributed by atoms with Crippen molar-refractivity contribution in [1.29, 1.82) is 0 Å². The smallest absolute Gasteiger partial charge is 0.0590 e. The van der Waals surface area contributed by atoms with Crippen LogP contribution < -0.4 is 5.32 Å². The van der Waals surface area contributed by atoms with E-state index >= 15 is 0 Å². The molecule has 1 saturated heterocycles. The third kappa shape index (κ3) is 3.46. The topological polar surface area (TPSA) is 21.3 Å². The standard InChI is InChI=1S/C13H25NO/c1-2-14-12(9-11-5-3-6-11)10-13-7-4-8-15-13/h11-14H,2-10H2,1H3. The highest BCUT2D eigenvalue weighted by atomic mass is 16.5. The molecule has 2 unspecified atom stereocenters. The summed E-state index contributed by atoms with van der Waals surface area (Å²) in [4.78, 5) is 0. The average Bonchev–Trinajstić information content (AvgIpc) is 2.64. The second kappa shape index (κ2) is 5.86. The predicted octanol–water partition coefficient (Wildman–Crippen LogP) is 2.72. The van der Waals surface area contributed by atoms with Gasteiger partial charge in [0, 0.05) is 12.6 Å². The monoisotopic (exact) mass is 211 g/mol. The quantitative estimate of drug-likeness (QED) is 0.729. The first kappa shape index (κ1) is 11.4. The Bertz CT molecular complexity index is 173. The molecule has 2 fully saturated rings. The Balaban J connectivity index is 1.70. The summed E-state index contributed by atoms with van der Waals surface area (Å²) in [6.07, 6.45) is 10.1. The second-order valence-corrected chi connectivity index (χ2v) is 5.16. The molecule has 1 saturated carbocycles. The lowest BCUT2D eigenvalue weighted by molar-refractivity contribution is 0.0890. The van der Waals surface area contributed by atoms with Gasteiger partial charge in [0.15, 0.2) is 0 Å². The van der Waals surface area contributed by atoms with E-state index in [1.807, 2.05) is 0 Å². The van der Waals surface area contributed by atoms with Gasteiger partial charge in [-0.15, -0.1) is 0 Å². The van der Waals surface area contributed by atoms with Gasteiger partial charge < -0.3 is 10.1 Å². The Morgan fingerprint density at radius 3 is 2.60 bits per heavy atom. The first-order valence-electron chi connectivity index (χ1n) is 6.73. The lowest BCUT2D eigenvalue weighted by atomic mass is 9.80. The second-order valence-electron chi connectivity index (χ2n) is 5.16. The molecule has 0 radical (unpaired) electrons. The van der Waals surface area contributed by atoms with Crippen LogP contribution in [0.4, 0.5) is 0 Å². The minimum atomic E-state index is 0.550. The van der Waals surface area contributed by atoms with Crippen molar-refractivity contribution in [2.75, 3.05) is 13.2 Å². The van der Waals surface area contributed by atoms with Crippen molar-refractivity contribution < 1.29 is 4.74 Å². The summed E-state index contributed by atoms with van der Waals surface area (Å²) in [5, 5.41) is 3.63. The van der Waals surface area contributed by atoms with Crippen molar-refractivity contribution in [3.8, 4) is 0 Å². The summed E-state index contributed by atoms with van der Waals surface area (Å²) in [5.74, 6) is 1.01. The zero-order valence-electron chi connectivity index (χ0n) is 10.0. The maximum absolute atomic E-state index is 5.72. The molecule has 88 valence electrons. The molecular formula is C13H25NO. The van der Waals surface area contributed by atoms with Crippen LogP contribution in [0.3, 0.4) is 0 Å². The fourth-order valence-corrected chi connectivity index (χ4v) is 2.83. The van der Waals surface area contributed by atoms with E-state index in [1.165, 1.54) is 44.9 Å². The van der Waals surface area contributed by atoms with Gasteiger partial charge in [-0.2, -0.15) is 0 Å². The number of nitrogens with one attached hydrogen (secondary N) is 1. The van der Waals surface area contributed by atoms with E-state index in [0.717, 1.165) is 19.1 Å². The van der Waals surface area contributed by atoms with E-state index in [-0.39, 0.29) is 0 Å². The van der Waals surface area contributed by atoms with Crippen LogP contribution in [0.25, 0.3) is 0 Å². The highest BCUT2D eigenvalue weighted by Gasteiger charge is 2.25. The van der Waals surface area contributed by atoms with Crippen molar-refractivity contribution in [3.05, 3.63) is 0 Å². The van der Waals surface area contributed by atoms with E-state index < -0.39 is 0 Å². The number of hydrogen-bond donors (Lipinski definition) is 1. The molecule has 15 heavy (non-hydrogen) atoms. The van der Waals surface area contributed by atoms with Crippen LogP contribution in [-0.2, 0) is 4.74 Å². The van der Waals surface area contributed by atoms with Crippen LogP contribution in [0, 0.1) is 5.92 Å². The summed E-state index contributed by atoms with van der Waals surface area (Å²) in [6, 6.07) is 0.711. The van der Waals surface area contributed by atoms with Crippen LogP contribution in [0.5, 0.6) is 0 Å². The van der Waals surface area contributed by atoms with Crippen LogP contribution in [0.2, 0.25) is 0 Å². The van der Waals surface area contributed by atoms with Gasteiger partial charge in [0.25, 0.3) is 0 Å². The minimum Gasteiger partial charge on any atom is -0.378 e. The fourth-order valence-electron chi connectivity index (χ4n) is 2.83. The molecule has 0 aromatic rings. The lowest BCUT2D eigenvalue weighted by Gasteiger charge is -2.31. The summed E-state index contributed by atoms with van der Waals surface area (Å²) < 4.78 is 5.72. The van der Waals surface area contributed by atoms with Crippen molar-refractivity contribution >= 4 is 0 Å². The molecule has 1 aliphatic heterocycles. The van der Waals surface area contributed by atoms with Crippen molar-refractivity contribution in [2.24, 2.45) is 5.92 Å². The third-order valence-electron chi connectivity index (χ3n) is 3.91. The fraction of sp³-hybridized carbons (Fsp3) is 1.00. The Kier molecular flexibility index (Phi) is 4.45. The first-order valence-corrected chi connectivity index (χ1v) is 6.73. The van der Waals surface area contributed by atoms with Crippen LogP contribution >= 0.6 is 0 Å². The van der Waals surface area contributed by atoms with Gasteiger partial charge in [-0.1, -0.05) is 26.2 Å². The molecule has 0 spiro atoms. The van der Waals surface area contributed by atoms with Crippen molar-refractivity contribution in [3.63, 3.8) is 0 Å². The van der Waals surface area contributed by atoms with Gasteiger partial charge in [-0.05, 0) is 38.1 Å². The Morgan fingerprint density at radius 2 is 2.07 bits per heavy atom. The summed E-state index contributed by atoms with van der Waals surface area (Å²) in [5.41, 5.74) is 0. The van der Waals surface area contributed by atoms with E-state index in [9.17, 15) is 0 Å². The Hall–Kier alpha value is -0.0800. The third-order valence-corrected chi connectivity index (χ3v) is 3.91. The van der Waals surface area contributed by atoms with E-state index in [1.54, 1.807) is 0 Å². The molecule has 0 bridgehead atoms. The SMILES string of the molecule is CCNC(CC1CCC1)CC1CCCO1. The van der Waals surface area contributed by atoms with Gasteiger partial charge in [-0.25, -0.2) is 0 Å². The Morgan fingerprint density at radius 1 is 1.20 bits per heavy atom. The first-order chi connectivity index (χ1) is 7.38. The highest BCUT2D eigenvalue weighted by Crippen LogP contribution is 2.32. The van der Waals surface area contributed by atoms with Crippen molar-refractivity contribution in [2.45, 2.75) is 64.0 Å². The molecule has 2 aliphatic rings. The molecule has 2 rings (SSSR count). The molecule has 2 heteroatoms. The molecule has 1 heterocycles. The van der Waals surface area contributed by atoms with Crippen LogP contribution in [0.15, 0.2) is 0 Å². The molecule has 2 nitrogen and oxygen atoms in total. The predicted molar refractivity (Wildman–Crippen MR) is 63.0 cm³/mol. The van der Waals surface area contributed by atoms with E-state index in [2.05, 4.69) is 12.2 Å². The van der Waals surface area contributed by atoms with Gasteiger partial charge in [-0.3, -0.25) is 0 Å². The summed E-state index contributed by atoms with van der Waals surface area (Å²) >= 11 is 0. The maximum Gasteiger partial charge on any atom is 0.0590 e. The van der Waals surface area contributed by atoms with Gasteiger partial charge in [0.05, 0.1) is 6.10 Å². The molecule has 0 amide bonds. The zero-order chi connectivity index (χ0) is 10.5. The Labute approximate surface area is 93.8 Å². The summed E-state index contributed by atoms with van der Waals surface area (Å²) in [7, 11) is 0. The summed E-state index contributed by atoms with van der Waals surface area (Å²) in [6.45, 7) is 4.31. The van der Waals surface area contributed by atoms with Crippen LogP contribution in [-0.4, -0.2) is 25.3 Å². The highest BCUT2D eigenvalue weighted by molar-refractivity contribution is 4.80. The largest absolute Gasteiger partial charge is 0.378 e. The maximum atomic E-state index is 5.72. The van der Waals surface area contributed by atoms with Crippen molar-refractivity contribution in [1.82, 2.24) is 5.32 Å². The average molecular weight is 211 g/mol. The molecular weight excluding hydrogens is 186 g/mol. The molecule has 0 aromatic carbocycles. The number of rotatable bonds is 6. The molecule has 0 aromatic heterocycles. The van der Waals surface area contributed by atoms with Gasteiger partial charge >= 0.3 is 0 Å². The minimum absolute atomic E-state index is 0.550. The van der Waals surface area contributed by atoms with Gasteiger partial charge in [0.2, 0.25) is 0 Å². The normalized spacial score (nSPS) is 29.0. The molecule has 1 N–H and O–H groups in total. The van der Waals surface area contributed by atoms with E-state index in [4.69, 9.17) is 4.74 Å². The van der Waals surface area contributed by atoms with Crippen LogP contribution in [0.1, 0.15) is 51.9 Å². The number of hydrogen-bond acceptors (Lipinski definition) is 2. The number of ether oxygens (including phenoxy) is 1.